The lowest BCUT2D eigenvalue weighted by Gasteiger charge is -2.27. The van der Waals surface area contributed by atoms with E-state index in [2.05, 4.69) is 15.5 Å². The van der Waals surface area contributed by atoms with E-state index in [0.717, 1.165) is 26.2 Å². The minimum Gasteiger partial charge on any atom is -0.299 e. The van der Waals surface area contributed by atoms with E-state index in [1.165, 1.54) is 23.1 Å². The van der Waals surface area contributed by atoms with Gasteiger partial charge in [0.05, 0.1) is 11.9 Å². The van der Waals surface area contributed by atoms with E-state index in [4.69, 9.17) is 0 Å². The highest BCUT2D eigenvalue weighted by atomic mass is 32.2. The van der Waals surface area contributed by atoms with Crippen LogP contribution in [0.1, 0.15) is 19.4 Å². The first-order valence-electron chi connectivity index (χ1n) is 7.55. The molecular weight excluding hydrogens is 380 g/mol. The number of hydrogen-bond acceptors (Lipinski definition) is 7. The number of benzene rings is 1. The van der Waals surface area contributed by atoms with Crippen molar-refractivity contribution in [1.82, 2.24) is 10.2 Å². The van der Waals surface area contributed by atoms with Crippen LogP contribution in [0.25, 0.3) is 0 Å². The zero-order valence-electron chi connectivity index (χ0n) is 14.4. The van der Waals surface area contributed by atoms with Crippen LogP contribution in [-0.2, 0) is 14.8 Å². The number of amides is 1. The van der Waals surface area contributed by atoms with Crippen LogP contribution in [0.15, 0.2) is 28.6 Å². The monoisotopic (exact) mass is 400 g/mol. The molecule has 0 aliphatic carbocycles. The van der Waals surface area contributed by atoms with Gasteiger partial charge in [-0.15, -0.1) is 10.2 Å². The summed E-state index contributed by atoms with van der Waals surface area (Å²) >= 11 is 2.79. The summed E-state index contributed by atoms with van der Waals surface area (Å²) in [5.74, 6) is 0.393. The van der Waals surface area contributed by atoms with Crippen molar-refractivity contribution in [2.75, 3.05) is 21.6 Å². The number of anilines is 2. The Morgan fingerprint density at radius 3 is 2.52 bits per heavy atom. The molecule has 7 nitrogen and oxygen atoms in total. The van der Waals surface area contributed by atoms with Crippen LogP contribution < -0.4 is 9.62 Å². The minimum absolute atomic E-state index is 0.352. The molecule has 0 radical (unpaired) electrons. The summed E-state index contributed by atoms with van der Waals surface area (Å²) in [4.78, 5) is 12.5. The lowest BCUT2D eigenvalue weighted by molar-refractivity contribution is -0.116. The molecule has 136 valence electrons. The quantitative estimate of drug-likeness (QED) is 0.567. The number of rotatable bonds is 7. The van der Waals surface area contributed by atoms with Crippen molar-refractivity contribution < 1.29 is 13.2 Å². The highest BCUT2D eigenvalue weighted by Crippen LogP contribution is 2.26. The van der Waals surface area contributed by atoms with Gasteiger partial charge in [-0.3, -0.25) is 14.4 Å². The fourth-order valence-electron chi connectivity index (χ4n) is 2.15. The summed E-state index contributed by atoms with van der Waals surface area (Å²) in [7, 11) is -3.64. The second kappa shape index (κ2) is 8.15. The summed E-state index contributed by atoms with van der Waals surface area (Å²) in [6.45, 7) is 5.45. The van der Waals surface area contributed by atoms with Crippen LogP contribution in [0, 0.1) is 6.92 Å². The van der Waals surface area contributed by atoms with Gasteiger partial charge in [-0.05, 0) is 31.7 Å². The molecule has 1 unspecified atom stereocenters. The Kier molecular flexibility index (Phi) is 6.42. The average molecular weight is 401 g/mol. The van der Waals surface area contributed by atoms with Crippen molar-refractivity contribution in [3.05, 3.63) is 29.8 Å². The molecule has 0 aliphatic heterocycles. The van der Waals surface area contributed by atoms with E-state index in [1.54, 1.807) is 31.2 Å². The normalized spacial score (nSPS) is 12.6. The van der Waals surface area contributed by atoms with E-state index in [9.17, 15) is 13.2 Å². The Balaban J connectivity index is 2.21. The van der Waals surface area contributed by atoms with Gasteiger partial charge in [0, 0.05) is 0 Å². The second-order valence-electron chi connectivity index (χ2n) is 5.37. The van der Waals surface area contributed by atoms with Gasteiger partial charge in [-0.25, -0.2) is 8.42 Å². The lowest BCUT2D eigenvalue weighted by Crippen LogP contribution is -2.45. The van der Waals surface area contributed by atoms with Crippen LogP contribution in [0.5, 0.6) is 0 Å². The van der Waals surface area contributed by atoms with Gasteiger partial charge in [-0.1, -0.05) is 47.7 Å². The van der Waals surface area contributed by atoms with E-state index >= 15 is 0 Å². The van der Waals surface area contributed by atoms with Crippen LogP contribution in [0.3, 0.4) is 0 Å². The molecule has 1 aromatic heterocycles. The molecule has 1 aromatic carbocycles. The molecule has 0 bridgehead atoms. The maximum Gasteiger partial charge on any atom is 0.249 e. The summed E-state index contributed by atoms with van der Waals surface area (Å²) in [5.41, 5.74) is 1.44. The summed E-state index contributed by atoms with van der Waals surface area (Å²) in [5, 5.41) is 10.9. The largest absolute Gasteiger partial charge is 0.299 e. The predicted molar refractivity (Wildman–Crippen MR) is 103 cm³/mol. The third kappa shape index (κ3) is 5.16. The molecule has 1 N–H and O–H groups in total. The van der Waals surface area contributed by atoms with Gasteiger partial charge < -0.3 is 0 Å². The van der Waals surface area contributed by atoms with Crippen LogP contribution in [-0.4, -0.2) is 42.6 Å². The topological polar surface area (TPSA) is 92.3 Å². The second-order valence-corrected chi connectivity index (χ2v) is 9.71. The Morgan fingerprint density at radius 1 is 1.32 bits per heavy atom. The Labute approximate surface area is 155 Å². The molecule has 0 aliphatic rings. The van der Waals surface area contributed by atoms with Crippen LogP contribution >= 0.6 is 23.1 Å². The number of aryl methyl sites for hydroxylation is 1. The maximum atomic E-state index is 12.5. The highest BCUT2D eigenvalue weighted by molar-refractivity contribution is 8.01. The summed E-state index contributed by atoms with van der Waals surface area (Å²) < 4.78 is 26.3. The molecule has 10 heteroatoms. The van der Waals surface area contributed by atoms with Crippen molar-refractivity contribution in [2.24, 2.45) is 0 Å². The molecule has 1 atom stereocenters. The van der Waals surface area contributed by atoms with Crippen LogP contribution in [0.4, 0.5) is 10.8 Å². The fourth-order valence-corrected chi connectivity index (χ4v) is 4.98. The van der Waals surface area contributed by atoms with Crippen LogP contribution in [0.2, 0.25) is 0 Å². The first-order valence-corrected chi connectivity index (χ1v) is 11.2. The van der Waals surface area contributed by atoms with E-state index in [1.807, 2.05) is 13.8 Å². The van der Waals surface area contributed by atoms with Gasteiger partial charge in [0.2, 0.25) is 21.1 Å². The lowest BCUT2D eigenvalue weighted by atomic mass is 10.2. The van der Waals surface area contributed by atoms with Gasteiger partial charge in [-0.2, -0.15) is 0 Å². The van der Waals surface area contributed by atoms with Gasteiger partial charge in [0.25, 0.3) is 0 Å². The van der Waals surface area contributed by atoms with E-state index in [-0.39, 0.29) is 0 Å². The number of hydrogen-bond donors (Lipinski definition) is 1. The third-order valence-corrected chi connectivity index (χ3v) is 6.38. The first-order chi connectivity index (χ1) is 11.7. The van der Waals surface area contributed by atoms with Gasteiger partial charge >= 0.3 is 0 Å². The summed E-state index contributed by atoms with van der Waals surface area (Å²) in [6.07, 6.45) is 1.08. The molecule has 2 aromatic rings. The molecule has 25 heavy (non-hydrogen) atoms. The van der Waals surface area contributed by atoms with Crippen molar-refractivity contribution in [2.45, 2.75) is 31.2 Å². The minimum atomic E-state index is -3.64. The smallest absolute Gasteiger partial charge is 0.249 e. The fraction of sp³-hybridized carbons (Fsp3) is 0.400. The Bertz CT molecular complexity index is 834. The van der Waals surface area contributed by atoms with Crippen molar-refractivity contribution in [3.63, 3.8) is 0 Å². The number of carbonyl (C=O) groups excluding carboxylic acids is 1. The van der Waals surface area contributed by atoms with Crippen molar-refractivity contribution in [1.29, 1.82) is 0 Å². The molecule has 0 spiro atoms. The molecule has 2 rings (SSSR count). The summed E-state index contributed by atoms with van der Waals surface area (Å²) in [6, 6.07) is 6.04. The third-order valence-electron chi connectivity index (χ3n) is 3.28. The maximum absolute atomic E-state index is 12.5. The number of thioether (sulfide) groups is 1. The van der Waals surface area contributed by atoms with Crippen molar-refractivity contribution in [3.8, 4) is 0 Å². The first kappa shape index (κ1) is 19.7. The standard InChI is InChI=1S/C15H20N4O3S3/c1-5-23-15-18-17-14(24-15)16-13(20)11(3)19(25(4,21)22)12-8-6-10(2)7-9-12/h6-9,11H,5H2,1-4H3,(H,16,17,20). The molecule has 0 fully saturated rings. The van der Waals surface area contributed by atoms with Gasteiger partial charge in [0.15, 0.2) is 4.34 Å². The Morgan fingerprint density at radius 2 is 1.96 bits per heavy atom. The molecule has 1 heterocycles. The SMILES string of the molecule is CCSc1nnc(NC(=O)C(C)N(c2ccc(C)cc2)S(C)(=O)=O)s1. The number of nitrogens with one attached hydrogen (secondary N) is 1. The highest BCUT2D eigenvalue weighted by Gasteiger charge is 2.29. The molecule has 0 saturated heterocycles. The zero-order chi connectivity index (χ0) is 18.6. The molecular formula is C15H20N4O3S3. The number of aromatic nitrogens is 2. The predicted octanol–water partition coefficient (Wildman–Crippen LogP) is 2.75. The average Bonchev–Trinajstić information content (AvgIpc) is 2.95. The zero-order valence-corrected chi connectivity index (χ0v) is 16.8. The number of sulfonamides is 1. The molecule has 1 amide bonds. The van der Waals surface area contributed by atoms with Crippen molar-refractivity contribution >= 4 is 49.8 Å². The Hall–Kier alpha value is -1.65. The van der Waals surface area contributed by atoms with E-state index in [0.29, 0.717) is 10.8 Å². The van der Waals surface area contributed by atoms with Gasteiger partial charge in [0.1, 0.15) is 6.04 Å². The van der Waals surface area contributed by atoms with E-state index < -0.39 is 22.0 Å². The number of carbonyl (C=O) groups is 1. The molecule has 0 saturated carbocycles. The number of nitrogens with zero attached hydrogens (tertiary/aromatic N) is 3.